The molecule has 3 N–H and O–H groups in total. The molecule has 0 unspecified atom stereocenters. The first kappa shape index (κ1) is 18.4. The molecule has 0 aromatic carbocycles. The minimum atomic E-state index is -3.41. The predicted molar refractivity (Wildman–Crippen MR) is 84.6 cm³/mol. The van der Waals surface area contributed by atoms with Gasteiger partial charge in [-0.1, -0.05) is 25.7 Å². The standard InChI is InChI=1S/C14H29N3O3S/c1-14(2,17-21(3,19)20)13(18)16-11-10-15-12-8-6-4-5-7-9-12/h12,15,17H,4-11H2,1-3H3,(H,16,18). The molecule has 0 bridgehead atoms. The Kier molecular flexibility index (Phi) is 7.09. The van der Waals surface area contributed by atoms with Crippen molar-refractivity contribution in [3.63, 3.8) is 0 Å². The molecule has 0 spiro atoms. The quantitative estimate of drug-likeness (QED) is 0.477. The van der Waals surface area contributed by atoms with E-state index in [-0.39, 0.29) is 5.91 Å². The molecule has 1 aliphatic rings. The Balaban J connectivity index is 2.26. The molecule has 0 saturated heterocycles. The number of amides is 1. The lowest BCUT2D eigenvalue weighted by Gasteiger charge is -2.24. The van der Waals surface area contributed by atoms with E-state index in [4.69, 9.17) is 0 Å². The Morgan fingerprint density at radius 1 is 1.10 bits per heavy atom. The fourth-order valence-electron chi connectivity index (χ4n) is 2.67. The molecule has 1 aliphatic carbocycles. The molecule has 1 rings (SSSR count). The summed E-state index contributed by atoms with van der Waals surface area (Å²) in [5.41, 5.74) is -1.13. The number of hydrogen-bond donors (Lipinski definition) is 3. The van der Waals surface area contributed by atoms with Gasteiger partial charge in [0.2, 0.25) is 15.9 Å². The van der Waals surface area contributed by atoms with Crippen LogP contribution in [0.3, 0.4) is 0 Å². The number of sulfonamides is 1. The van der Waals surface area contributed by atoms with Crippen LogP contribution >= 0.6 is 0 Å². The highest BCUT2D eigenvalue weighted by Crippen LogP contribution is 2.16. The molecule has 0 radical (unpaired) electrons. The van der Waals surface area contributed by atoms with Crippen LogP contribution in [0.1, 0.15) is 52.4 Å². The van der Waals surface area contributed by atoms with Gasteiger partial charge < -0.3 is 10.6 Å². The van der Waals surface area contributed by atoms with Gasteiger partial charge in [-0.25, -0.2) is 13.1 Å². The molecule has 0 heterocycles. The third-order valence-electron chi connectivity index (χ3n) is 3.71. The van der Waals surface area contributed by atoms with E-state index in [1.165, 1.54) is 38.5 Å². The van der Waals surface area contributed by atoms with Crippen molar-refractivity contribution in [2.45, 2.75) is 64.0 Å². The smallest absolute Gasteiger partial charge is 0.240 e. The molecule has 1 saturated carbocycles. The molecular formula is C14H29N3O3S. The zero-order chi connectivity index (χ0) is 15.9. The van der Waals surface area contributed by atoms with Gasteiger partial charge in [0.15, 0.2) is 0 Å². The SMILES string of the molecule is CC(C)(NS(C)(=O)=O)C(=O)NCCNC1CCCCCC1. The third-order valence-corrected chi connectivity index (χ3v) is 4.59. The second-order valence-corrected chi connectivity index (χ2v) is 8.15. The zero-order valence-corrected chi connectivity index (χ0v) is 14.2. The molecule has 7 heteroatoms. The van der Waals surface area contributed by atoms with Gasteiger partial charge in [-0.05, 0) is 26.7 Å². The van der Waals surface area contributed by atoms with Crippen molar-refractivity contribution in [1.29, 1.82) is 0 Å². The summed E-state index contributed by atoms with van der Waals surface area (Å²) in [5.74, 6) is -0.310. The van der Waals surface area contributed by atoms with Crippen molar-refractivity contribution < 1.29 is 13.2 Å². The molecule has 0 aliphatic heterocycles. The van der Waals surface area contributed by atoms with E-state index >= 15 is 0 Å². The highest BCUT2D eigenvalue weighted by atomic mass is 32.2. The molecule has 21 heavy (non-hydrogen) atoms. The van der Waals surface area contributed by atoms with Crippen molar-refractivity contribution in [2.75, 3.05) is 19.3 Å². The summed E-state index contributed by atoms with van der Waals surface area (Å²) in [6.45, 7) is 4.33. The molecular weight excluding hydrogens is 290 g/mol. The normalized spacial score (nSPS) is 18.2. The lowest BCUT2D eigenvalue weighted by molar-refractivity contribution is -0.125. The highest BCUT2D eigenvalue weighted by Gasteiger charge is 2.30. The monoisotopic (exact) mass is 319 g/mol. The van der Waals surface area contributed by atoms with E-state index in [9.17, 15) is 13.2 Å². The fourth-order valence-corrected chi connectivity index (χ4v) is 3.69. The number of nitrogens with one attached hydrogen (secondary N) is 3. The predicted octanol–water partition coefficient (Wildman–Crippen LogP) is 0.743. The number of carbonyl (C=O) groups excluding carboxylic acids is 1. The van der Waals surface area contributed by atoms with Crippen LogP contribution in [-0.2, 0) is 14.8 Å². The molecule has 6 nitrogen and oxygen atoms in total. The zero-order valence-electron chi connectivity index (χ0n) is 13.4. The van der Waals surface area contributed by atoms with Crippen molar-refractivity contribution in [2.24, 2.45) is 0 Å². The van der Waals surface area contributed by atoms with E-state index in [1.54, 1.807) is 13.8 Å². The summed E-state index contributed by atoms with van der Waals surface area (Å²) in [4.78, 5) is 12.0. The van der Waals surface area contributed by atoms with Crippen molar-refractivity contribution in [3.8, 4) is 0 Å². The van der Waals surface area contributed by atoms with Crippen molar-refractivity contribution in [1.82, 2.24) is 15.4 Å². The van der Waals surface area contributed by atoms with Gasteiger partial charge in [0.1, 0.15) is 5.54 Å². The van der Waals surface area contributed by atoms with E-state index < -0.39 is 15.6 Å². The largest absolute Gasteiger partial charge is 0.353 e. The maximum absolute atomic E-state index is 12.0. The van der Waals surface area contributed by atoms with E-state index in [0.717, 1.165) is 6.26 Å². The first-order valence-corrected chi connectivity index (χ1v) is 9.60. The van der Waals surface area contributed by atoms with Crippen LogP contribution in [-0.4, -0.2) is 45.3 Å². The maximum Gasteiger partial charge on any atom is 0.240 e. The highest BCUT2D eigenvalue weighted by molar-refractivity contribution is 7.88. The molecule has 0 atom stereocenters. The van der Waals surface area contributed by atoms with E-state index in [2.05, 4.69) is 15.4 Å². The topological polar surface area (TPSA) is 87.3 Å². The van der Waals surface area contributed by atoms with Crippen LogP contribution in [0.2, 0.25) is 0 Å². The Morgan fingerprint density at radius 2 is 1.67 bits per heavy atom. The first-order valence-electron chi connectivity index (χ1n) is 7.71. The van der Waals surface area contributed by atoms with Crippen LogP contribution in [0, 0.1) is 0 Å². The average molecular weight is 319 g/mol. The summed E-state index contributed by atoms with van der Waals surface area (Å²) >= 11 is 0. The Morgan fingerprint density at radius 3 is 2.19 bits per heavy atom. The number of carbonyl (C=O) groups is 1. The molecule has 1 amide bonds. The van der Waals surface area contributed by atoms with Crippen LogP contribution < -0.4 is 15.4 Å². The summed E-state index contributed by atoms with van der Waals surface area (Å²) < 4.78 is 24.8. The van der Waals surface area contributed by atoms with Crippen LogP contribution in [0.25, 0.3) is 0 Å². The van der Waals surface area contributed by atoms with Crippen LogP contribution in [0.15, 0.2) is 0 Å². The minimum absolute atomic E-state index is 0.310. The second kappa shape index (κ2) is 8.10. The minimum Gasteiger partial charge on any atom is -0.353 e. The van der Waals surface area contributed by atoms with E-state index in [1.807, 2.05) is 0 Å². The Bertz CT molecular complexity index is 427. The molecule has 0 aromatic heterocycles. The molecule has 0 aromatic rings. The van der Waals surface area contributed by atoms with Gasteiger partial charge in [0.25, 0.3) is 0 Å². The number of hydrogen-bond acceptors (Lipinski definition) is 4. The molecule has 1 fully saturated rings. The van der Waals surface area contributed by atoms with Crippen molar-refractivity contribution >= 4 is 15.9 Å². The first-order chi connectivity index (χ1) is 9.71. The Hall–Kier alpha value is -0.660. The third kappa shape index (κ3) is 7.78. The Labute approximate surface area is 128 Å². The fraction of sp³-hybridized carbons (Fsp3) is 0.929. The second-order valence-electron chi connectivity index (χ2n) is 6.40. The van der Waals surface area contributed by atoms with Gasteiger partial charge in [-0.2, -0.15) is 0 Å². The van der Waals surface area contributed by atoms with Gasteiger partial charge in [-0.3, -0.25) is 4.79 Å². The van der Waals surface area contributed by atoms with Crippen LogP contribution in [0.5, 0.6) is 0 Å². The lowest BCUT2D eigenvalue weighted by Crippen LogP contribution is -2.55. The lowest BCUT2D eigenvalue weighted by atomic mass is 10.1. The van der Waals surface area contributed by atoms with E-state index in [0.29, 0.717) is 19.1 Å². The maximum atomic E-state index is 12.0. The van der Waals surface area contributed by atoms with Gasteiger partial charge in [0, 0.05) is 19.1 Å². The number of rotatable bonds is 7. The average Bonchev–Trinajstić information content (AvgIpc) is 2.59. The summed E-state index contributed by atoms with van der Waals surface area (Å²) in [6.07, 6.45) is 8.64. The van der Waals surface area contributed by atoms with Gasteiger partial charge >= 0.3 is 0 Å². The van der Waals surface area contributed by atoms with Crippen LogP contribution in [0.4, 0.5) is 0 Å². The summed E-state index contributed by atoms with van der Waals surface area (Å²) in [5, 5.41) is 6.24. The van der Waals surface area contributed by atoms with Gasteiger partial charge in [-0.15, -0.1) is 0 Å². The van der Waals surface area contributed by atoms with Gasteiger partial charge in [0.05, 0.1) is 6.26 Å². The summed E-state index contributed by atoms with van der Waals surface area (Å²) in [6, 6.07) is 0.548. The van der Waals surface area contributed by atoms with Crippen molar-refractivity contribution in [3.05, 3.63) is 0 Å². The summed E-state index contributed by atoms with van der Waals surface area (Å²) in [7, 11) is -3.41. The molecule has 124 valence electrons.